The second kappa shape index (κ2) is 3.12. The van der Waals surface area contributed by atoms with Crippen LogP contribution in [-0.4, -0.2) is 0 Å². The topological polar surface area (TPSA) is 0 Å². The Kier molecular flexibility index (Phi) is 2.06. The van der Waals surface area contributed by atoms with Crippen molar-refractivity contribution in [3.63, 3.8) is 0 Å². The minimum Gasteiger partial charge on any atom is -0.0996 e. The molecule has 84 valence electrons. The smallest absolute Gasteiger partial charge is 0.0203 e. The van der Waals surface area contributed by atoms with Gasteiger partial charge in [0.25, 0.3) is 0 Å². The Labute approximate surface area is 94.1 Å². The average Bonchev–Trinajstić information content (AvgIpc) is 2.41. The molecule has 0 heterocycles. The lowest BCUT2D eigenvalue weighted by molar-refractivity contribution is 0.130. The van der Waals surface area contributed by atoms with Crippen LogP contribution in [0.15, 0.2) is 12.2 Å². The first kappa shape index (κ1) is 9.93. The number of allylic oxidation sites excluding steroid dienone is 1. The van der Waals surface area contributed by atoms with Crippen LogP contribution in [0, 0.1) is 29.1 Å². The Bertz CT molecular complexity index is 290. The summed E-state index contributed by atoms with van der Waals surface area (Å²) in [4.78, 5) is 0. The molecule has 0 N–H and O–H groups in total. The van der Waals surface area contributed by atoms with E-state index in [0.29, 0.717) is 5.41 Å². The van der Waals surface area contributed by atoms with Gasteiger partial charge in [0.2, 0.25) is 0 Å². The Morgan fingerprint density at radius 1 is 1.27 bits per heavy atom. The molecule has 0 unspecified atom stereocenters. The van der Waals surface area contributed by atoms with Crippen LogP contribution >= 0.6 is 0 Å². The highest BCUT2D eigenvalue weighted by Crippen LogP contribution is 2.60. The summed E-state index contributed by atoms with van der Waals surface area (Å²) in [5, 5.41) is 0. The summed E-state index contributed by atoms with van der Waals surface area (Å²) in [6.07, 6.45) is 8.72. The number of fused-ring (bicyclic) bond motifs is 2. The van der Waals surface area contributed by atoms with Gasteiger partial charge in [0, 0.05) is 0 Å². The fraction of sp³-hybridized carbons (Fsp3) is 0.867. The second-order valence-corrected chi connectivity index (χ2v) is 6.79. The third-order valence-corrected chi connectivity index (χ3v) is 5.90. The predicted molar refractivity (Wildman–Crippen MR) is 64.6 cm³/mol. The summed E-state index contributed by atoms with van der Waals surface area (Å²) in [6, 6.07) is 0. The van der Waals surface area contributed by atoms with Gasteiger partial charge in [-0.05, 0) is 61.2 Å². The molecule has 0 aromatic carbocycles. The van der Waals surface area contributed by atoms with Gasteiger partial charge in [-0.3, -0.25) is 0 Å². The quantitative estimate of drug-likeness (QED) is 0.513. The molecule has 0 aromatic heterocycles. The lowest BCUT2D eigenvalue weighted by atomic mass is 9.65. The standard InChI is InChI=1S/C15H24/c1-10-4-5-14-13(10)8-12-6-7-15(14,3)9-11(12)2/h10,12-14H,2,4-9H2,1,3H3/t10-,12-,13-,14+,15-/m1/s1. The van der Waals surface area contributed by atoms with Crippen LogP contribution in [0.5, 0.6) is 0 Å². The fourth-order valence-electron chi connectivity index (χ4n) is 4.92. The lowest BCUT2D eigenvalue weighted by Crippen LogP contribution is -2.30. The lowest BCUT2D eigenvalue weighted by Gasteiger charge is -2.40. The van der Waals surface area contributed by atoms with E-state index in [-0.39, 0.29) is 0 Å². The van der Waals surface area contributed by atoms with E-state index in [1.165, 1.54) is 38.5 Å². The third-order valence-electron chi connectivity index (χ3n) is 5.90. The van der Waals surface area contributed by atoms with Crippen LogP contribution in [0.2, 0.25) is 0 Å². The number of hydrogen-bond acceptors (Lipinski definition) is 0. The highest BCUT2D eigenvalue weighted by molar-refractivity contribution is 5.15. The van der Waals surface area contributed by atoms with E-state index < -0.39 is 0 Å². The van der Waals surface area contributed by atoms with Gasteiger partial charge in [0.15, 0.2) is 0 Å². The molecule has 5 atom stereocenters. The summed E-state index contributed by atoms with van der Waals surface area (Å²) in [5.74, 6) is 3.92. The summed E-state index contributed by atoms with van der Waals surface area (Å²) in [5.41, 5.74) is 2.21. The first-order chi connectivity index (χ1) is 7.10. The highest BCUT2D eigenvalue weighted by Gasteiger charge is 2.50. The van der Waals surface area contributed by atoms with Crippen LogP contribution in [0.25, 0.3) is 0 Å². The van der Waals surface area contributed by atoms with E-state index in [2.05, 4.69) is 20.4 Å². The summed E-state index contributed by atoms with van der Waals surface area (Å²) in [7, 11) is 0. The van der Waals surface area contributed by atoms with Crippen molar-refractivity contribution in [2.75, 3.05) is 0 Å². The first-order valence-corrected chi connectivity index (χ1v) is 6.78. The van der Waals surface area contributed by atoms with Crippen LogP contribution in [0.1, 0.15) is 52.4 Å². The summed E-state index contributed by atoms with van der Waals surface area (Å²) >= 11 is 0. The minimum atomic E-state index is 0.625. The van der Waals surface area contributed by atoms with Gasteiger partial charge in [0.05, 0.1) is 0 Å². The van der Waals surface area contributed by atoms with E-state index in [9.17, 15) is 0 Å². The molecule has 0 amide bonds. The van der Waals surface area contributed by atoms with Crippen molar-refractivity contribution in [3.05, 3.63) is 12.2 Å². The van der Waals surface area contributed by atoms with Gasteiger partial charge < -0.3 is 0 Å². The Morgan fingerprint density at radius 3 is 2.80 bits per heavy atom. The zero-order valence-electron chi connectivity index (χ0n) is 10.3. The third kappa shape index (κ3) is 1.33. The Hall–Kier alpha value is -0.260. The van der Waals surface area contributed by atoms with Gasteiger partial charge in [-0.1, -0.05) is 32.4 Å². The van der Waals surface area contributed by atoms with Crippen LogP contribution in [0.3, 0.4) is 0 Å². The Balaban J connectivity index is 1.98. The van der Waals surface area contributed by atoms with Crippen molar-refractivity contribution in [2.24, 2.45) is 29.1 Å². The van der Waals surface area contributed by atoms with Crippen molar-refractivity contribution in [1.29, 1.82) is 0 Å². The van der Waals surface area contributed by atoms with Crippen molar-refractivity contribution in [2.45, 2.75) is 52.4 Å². The van der Waals surface area contributed by atoms with Crippen LogP contribution in [-0.2, 0) is 0 Å². The first-order valence-electron chi connectivity index (χ1n) is 6.78. The maximum atomic E-state index is 4.35. The molecule has 0 radical (unpaired) electrons. The summed E-state index contributed by atoms with van der Waals surface area (Å²) in [6.45, 7) is 9.39. The number of rotatable bonds is 0. The molecule has 4 aliphatic carbocycles. The molecule has 0 heteroatoms. The summed E-state index contributed by atoms with van der Waals surface area (Å²) < 4.78 is 0. The largest absolute Gasteiger partial charge is 0.0996 e. The van der Waals surface area contributed by atoms with E-state index in [1.54, 1.807) is 5.57 Å². The van der Waals surface area contributed by atoms with Crippen molar-refractivity contribution >= 4 is 0 Å². The monoisotopic (exact) mass is 204 g/mol. The predicted octanol–water partition coefficient (Wildman–Crippen LogP) is 4.42. The highest BCUT2D eigenvalue weighted by atomic mass is 14.6. The molecular formula is C15H24. The zero-order valence-corrected chi connectivity index (χ0v) is 10.3. The molecule has 0 saturated heterocycles. The second-order valence-electron chi connectivity index (χ2n) is 6.79. The molecule has 2 bridgehead atoms. The van der Waals surface area contributed by atoms with Gasteiger partial charge in [-0.15, -0.1) is 0 Å². The number of hydrogen-bond donors (Lipinski definition) is 0. The van der Waals surface area contributed by atoms with Crippen molar-refractivity contribution in [3.8, 4) is 0 Å². The van der Waals surface area contributed by atoms with Crippen molar-refractivity contribution < 1.29 is 0 Å². The van der Waals surface area contributed by atoms with E-state index >= 15 is 0 Å². The van der Waals surface area contributed by atoms with Crippen LogP contribution < -0.4 is 0 Å². The van der Waals surface area contributed by atoms with Crippen molar-refractivity contribution in [1.82, 2.24) is 0 Å². The zero-order chi connectivity index (χ0) is 10.6. The van der Waals surface area contributed by atoms with E-state index in [4.69, 9.17) is 0 Å². The fourth-order valence-corrected chi connectivity index (χ4v) is 4.92. The van der Waals surface area contributed by atoms with Gasteiger partial charge in [-0.25, -0.2) is 0 Å². The van der Waals surface area contributed by atoms with Gasteiger partial charge >= 0.3 is 0 Å². The van der Waals surface area contributed by atoms with Crippen LogP contribution in [0.4, 0.5) is 0 Å². The molecule has 0 nitrogen and oxygen atoms in total. The molecular weight excluding hydrogens is 180 g/mol. The van der Waals surface area contributed by atoms with Gasteiger partial charge in [0.1, 0.15) is 0 Å². The molecule has 0 aliphatic heterocycles. The molecule has 4 saturated carbocycles. The maximum Gasteiger partial charge on any atom is -0.0203 e. The molecule has 4 aliphatic rings. The average molecular weight is 204 g/mol. The minimum absolute atomic E-state index is 0.625. The van der Waals surface area contributed by atoms with E-state index in [1.807, 2.05) is 0 Å². The molecule has 0 aromatic rings. The molecule has 4 rings (SSSR count). The Morgan fingerprint density at radius 2 is 2.07 bits per heavy atom. The molecule has 4 fully saturated rings. The van der Waals surface area contributed by atoms with Gasteiger partial charge in [-0.2, -0.15) is 0 Å². The molecule has 0 spiro atoms. The maximum absolute atomic E-state index is 4.35. The normalized spacial score (nSPS) is 54.1. The van der Waals surface area contributed by atoms with E-state index in [0.717, 1.165) is 23.7 Å². The molecule has 15 heavy (non-hydrogen) atoms. The SMILES string of the molecule is C=C1C[C@@]2(C)CC[C@@H]1C[C@@H]1[C@H](C)CC[C@@H]12.